The number of nitrogens with zero attached hydrogens (tertiary/aromatic N) is 1. The van der Waals surface area contributed by atoms with Crippen molar-refractivity contribution in [2.24, 2.45) is 17.6 Å². The molecule has 12 heteroatoms. The van der Waals surface area contributed by atoms with Crippen LogP contribution in [0.4, 0.5) is 0 Å². The van der Waals surface area contributed by atoms with Gasteiger partial charge in [0, 0.05) is 18.3 Å². The maximum atomic E-state index is 12.8. The summed E-state index contributed by atoms with van der Waals surface area (Å²) in [7, 11) is 0. The van der Waals surface area contributed by atoms with Crippen molar-refractivity contribution in [2.75, 3.05) is 6.61 Å². The fraction of sp³-hybridized carbons (Fsp3) is 0.667. The molecule has 0 aliphatic heterocycles. The Morgan fingerprint density at radius 2 is 1.48 bits per heavy atom. The standard InChI is InChI=1S/C21H36N6O6/c1-11(2)5-14(22)18(29)25-15(6-12(3)4)19(30)27-17(9-28)20(31)26-16(21(32)33)7-13-8-23-10-24-13/h8,10-12,14-17,28H,5-7,9,22H2,1-4H3,(H,23,24)(H,25,29)(H,26,31)(H,27,30)(H,32,33). The Labute approximate surface area is 193 Å². The van der Waals surface area contributed by atoms with Gasteiger partial charge in [-0.2, -0.15) is 0 Å². The molecule has 33 heavy (non-hydrogen) atoms. The smallest absolute Gasteiger partial charge is 0.326 e. The lowest BCUT2D eigenvalue weighted by Crippen LogP contribution is -2.58. The lowest BCUT2D eigenvalue weighted by atomic mass is 10.0. The van der Waals surface area contributed by atoms with E-state index in [9.17, 15) is 29.4 Å². The predicted octanol–water partition coefficient (Wildman–Crippen LogP) is -1.10. The number of aliphatic carboxylic acids is 1. The largest absolute Gasteiger partial charge is 0.480 e. The van der Waals surface area contributed by atoms with Gasteiger partial charge < -0.3 is 36.9 Å². The van der Waals surface area contributed by atoms with Crippen LogP contribution in [-0.4, -0.2) is 74.6 Å². The third kappa shape index (κ3) is 10.00. The van der Waals surface area contributed by atoms with Crippen LogP contribution >= 0.6 is 0 Å². The average molecular weight is 469 g/mol. The first-order valence-corrected chi connectivity index (χ1v) is 10.9. The minimum atomic E-state index is -1.41. The van der Waals surface area contributed by atoms with Crippen LogP contribution in [-0.2, 0) is 25.6 Å². The zero-order valence-corrected chi connectivity index (χ0v) is 19.5. The van der Waals surface area contributed by atoms with Gasteiger partial charge in [-0.1, -0.05) is 27.7 Å². The molecule has 0 aromatic carbocycles. The van der Waals surface area contributed by atoms with Gasteiger partial charge in [-0.3, -0.25) is 14.4 Å². The number of H-pyrrole nitrogens is 1. The van der Waals surface area contributed by atoms with Crippen molar-refractivity contribution >= 4 is 23.7 Å². The van der Waals surface area contributed by atoms with Gasteiger partial charge in [-0.25, -0.2) is 9.78 Å². The normalized spacial score (nSPS) is 14.9. The molecule has 0 spiro atoms. The summed E-state index contributed by atoms with van der Waals surface area (Å²) in [4.78, 5) is 55.9. The number of nitrogens with one attached hydrogen (secondary N) is 4. The number of aromatic amines is 1. The van der Waals surface area contributed by atoms with E-state index in [1.807, 2.05) is 27.7 Å². The molecule has 1 rings (SSSR count). The van der Waals surface area contributed by atoms with E-state index in [4.69, 9.17) is 5.73 Å². The Morgan fingerprint density at radius 1 is 0.939 bits per heavy atom. The first-order chi connectivity index (χ1) is 15.4. The molecule has 186 valence electrons. The van der Waals surface area contributed by atoms with Gasteiger partial charge in [0.2, 0.25) is 17.7 Å². The average Bonchev–Trinajstić information content (AvgIpc) is 3.22. The van der Waals surface area contributed by atoms with Crippen LogP contribution in [0.15, 0.2) is 12.5 Å². The minimum Gasteiger partial charge on any atom is -0.480 e. The number of carbonyl (C=O) groups excluding carboxylic acids is 3. The van der Waals surface area contributed by atoms with Crippen LogP contribution < -0.4 is 21.7 Å². The summed E-state index contributed by atoms with van der Waals surface area (Å²) in [6.45, 7) is 6.82. The third-order valence-corrected chi connectivity index (χ3v) is 4.81. The van der Waals surface area contributed by atoms with E-state index in [1.165, 1.54) is 12.5 Å². The summed E-state index contributed by atoms with van der Waals surface area (Å²) in [5.41, 5.74) is 6.39. The van der Waals surface area contributed by atoms with Gasteiger partial charge in [-0.05, 0) is 24.7 Å². The fourth-order valence-electron chi connectivity index (χ4n) is 3.15. The molecule has 1 heterocycles. The summed E-state index contributed by atoms with van der Waals surface area (Å²) >= 11 is 0. The molecule has 8 N–H and O–H groups in total. The van der Waals surface area contributed by atoms with E-state index in [0.29, 0.717) is 12.1 Å². The van der Waals surface area contributed by atoms with E-state index in [2.05, 4.69) is 25.9 Å². The van der Waals surface area contributed by atoms with Gasteiger partial charge >= 0.3 is 5.97 Å². The highest BCUT2D eigenvalue weighted by molar-refractivity contribution is 5.94. The Hall–Kier alpha value is -2.99. The summed E-state index contributed by atoms with van der Waals surface area (Å²) in [6.07, 6.45) is 3.46. The number of aromatic nitrogens is 2. The summed E-state index contributed by atoms with van der Waals surface area (Å²) < 4.78 is 0. The molecule has 0 saturated heterocycles. The van der Waals surface area contributed by atoms with E-state index in [1.54, 1.807) is 0 Å². The highest BCUT2D eigenvalue weighted by Gasteiger charge is 2.30. The Kier molecular flexibility index (Phi) is 11.5. The third-order valence-electron chi connectivity index (χ3n) is 4.81. The highest BCUT2D eigenvalue weighted by atomic mass is 16.4. The van der Waals surface area contributed by atoms with Crippen LogP contribution in [0.1, 0.15) is 46.2 Å². The summed E-state index contributed by atoms with van der Waals surface area (Å²) in [6, 6.07) is -4.47. The zero-order valence-electron chi connectivity index (χ0n) is 19.5. The van der Waals surface area contributed by atoms with Gasteiger partial charge in [0.25, 0.3) is 0 Å². The van der Waals surface area contributed by atoms with Crippen molar-refractivity contribution < 1.29 is 29.4 Å². The molecule has 12 nitrogen and oxygen atoms in total. The van der Waals surface area contributed by atoms with E-state index >= 15 is 0 Å². The molecule has 4 atom stereocenters. The van der Waals surface area contributed by atoms with Gasteiger partial charge in [0.1, 0.15) is 18.1 Å². The van der Waals surface area contributed by atoms with E-state index in [-0.39, 0.29) is 24.7 Å². The molecular formula is C21H36N6O6. The van der Waals surface area contributed by atoms with Crippen molar-refractivity contribution in [1.29, 1.82) is 0 Å². The van der Waals surface area contributed by atoms with Crippen molar-refractivity contribution in [2.45, 2.75) is 71.1 Å². The second-order valence-electron chi connectivity index (χ2n) is 8.85. The number of hydrogen-bond donors (Lipinski definition) is 7. The highest BCUT2D eigenvalue weighted by Crippen LogP contribution is 2.08. The number of aliphatic hydroxyl groups excluding tert-OH is 1. The number of aliphatic hydroxyl groups is 1. The number of nitrogens with two attached hydrogens (primary N) is 1. The van der Waals surface area contributed by atoms with Crippen molar-refractivity contribution in [3.8, 4) is 0 Å². The topological polar surface area (TPSA) is 200 Å². The lowest BCUT2D eigenvalue weighted by Gasteiger charge is -2.25. The predicted molar refractivity (Wildman–Crippen MR) is 120 cm³/mol. The van der Waals surface area contributed by atoms with Gasteiger partial charge in [-0.15, -0.1) is 0 Å². The molecule has 0 saturated carbocycles. The number of imidazole rings is 1. The number of carboxylic acid groups (broad SMARTS) is 1. The van der Waals surface area contributed by atoms with Crippen LogP contribution in [0, 0.1) is 11.8 Å². The zero-order chi connectivity index (χ0) is 25.1. The summed E-state index contributed by atoms with van der Waals surface area (Å²) in [5, 5.41) is 26.3. The second kappa shape index (κ2) is 13.5. The number of rotatable bonds is 14. The summed E-state index contributed by atoms with van der Waals surface area (Å²) in [5.74, 6) is -3.10. The molecule has 4 unspecified atom stereocenters. The molecular weight excluding hydrogens is 432 g/mol. The molecule has 0 bridgehead atoms. The van der Waals surface area contributed by atoms with Crippen molar-refractivity contribution in [3.05, 3.63) is 18.2 Å². The molecule has 1 aromatic rings. The quantitative estimate of drug-likeness (QED) is 0.178. The number of carbonyl (C=O) groups is 4. The van der Waals surface area contributed by atoms with Crippen LogP contribution in [0.2, 0.25) is 0 Å². The minimum absolute atomic E-state index is 0.0366. The second-order valence-corrected chi connectivity index (χ2v) is 8.85. The number of amides is 3. The number of carboxylic acids is 1. The SMILES string of the molecule is CC(C)CC(N)C(=O)NC(CC(C)C)C(=O)NC(CO)C(=O)NC(Cc1cnc[nH]1)C(=O)O. The van der Waals surface area contributed by atoms with E-state index < -0.39 is 54.5 Å². The molecule has 0 radical (unpaired) electrons. The van der Waals surface area contributed by atoms with Gasteiger partial charge in [0.15, 0.2) is 0 Å². The molecule has 0 aliphatic carbocycles. The Morgan fingerprint density at radius 3 is 1.97 bits per heavy atom. The molecule has 1 aromatic heterocycles. The Bertz CT molecular complexity index is 782. The molecule has 0 aliphatic rings. The maximum Gasteiger partial charge on any atom is 0.326 e. The van der Waals surface area contributed by atoms with E-state index in [0.717, 1.165) is 0 Å². The monoisotopic (exact) mass is 468 g/mol. The fourth-order valence-corrected chi connectivity index (χ4v) is 3.15. The maximum absolute atomic E-state index is 12.8. The first kappa shape index (κ1) is 28.0. The van der Waals surface area contributed by atoms with Crippen molar-refractivity contribution in [1.82, 2.24) is 25.9 Å². The van der Waals surface area contributed by atoms with Crippen molar-refractivity contribution in [3.63, 3.8) is 0 Å². The Balaban J connectivity index is 2.83. The first-order valence-electron chi connectivity index (χ1n) is 10.9. The lowest BCUT2D eigenvalue weighted by molar-refractivity contribution is -0.142. The molecule has 3 amide bonds. The number of hydrogen-bond acceptors (Lipinski definition) is 7. The van der Waals surface area contributed by atoms with Crippen LogP contribution in [0.3, 0.4) is 0 Å². The van der Waals surface area contributed by atoms with Crippen LogP contribution in [0.5, 0.6) is 0 Å². The molecule has 0 fully saturated rings. The van der Waals surface area contributed by atoms with Crippen LogP contribution in [0.25, 0.3) is 0 Å². The van der Waals surface area contributed by atoms with Gasteiger partial charge in [0.05, 0.1) is 19.0 Å².